The summed E-state index contributed by atoms with van der Waals surface area (Å²) in [6.45, 7) is 1.43. The van der Waals surface area contributed by atoms with Crippen molar-refractivity contribution in [3.63, 3.8) is 0 Å². The van der Waals surface area contributed by atoms with E-state index in [2.05, 4.69) is 10.3 Å². The van der Waals surface area contributed by atoms with Crippen molar-refractivity contribution in [2.45, 2.75) is 6.92 Å². The van der Waals surface area contributed by atoms with Crippen LogP contribution in [0, 0.1) is 0 Å². The van der Waals surface area contributed by atoms with E-state index in [1.807, 2.05) is 12.1 Å². The Bertz CT molecular complexity index is 649. The quantitative estimate of drug-likeness (QED) is 0.683. The third-order valence-corrected chi connectivity index (χ3v) is 2.58. The molecule has 0 unspecified atom stereocenters. The third-order valence-electron chi connectivity index (χ3n) is 2.58. The molecule has 0 saturated carbocycles. The Morgan fingerprint density at radius 2 is 2.05 bits per heavy atom. The highest BCUT2D eigenvalue weighted by Crippen LogP contribution is 2.12. The van der Waals surface area contributed by atoms with Gasteiger partial charge in [-0.1, -0.05) is 18.2 Å². The molecule has 0 aliphatic rings. The number of benzene rings is 1. The minimum Gasteiger partial charge on any atom is -0.326 e. The van der Waals surface area contributed by atoms with Crippen molar-refractivity contribution >= 4 is 23.5 Å². The predicted octanol–water partition coefficient (Wildman–Crippen LogP) is 2.94. The first kappa shape index (κ1) is 13.7. The summed E-state index contributed by atoms with van der Waals surface area (Å²) in [6.07, 6.45) is 6.55. The maximum Gasteiger partial charge on any atom is 0.221 e. The van der Waals surface area contributed by atoms with Gasteiger partial charge in [0.05, 0.1) is 0 Å². The van der Waals surface area contributed by atoms with Crippen LogP contribution >= 0.6 is 0 Å². The van der Waals surface area contributed by atoms with Crippen molar-refractivity contribution < 1.29 is 9.59 Å². The van der Waals surface area contributed by atoms with Crippen LogP contribution in [-0.4, -0.2) is 16.7 Å². The van der Waals surface area contributed by atoms with Crippen molar-refractivity contribution in [1.82, 2.24) is 4.98 Å². The molecule has 0 atom stereocenters. The number of aromatic nitrogens is 1. The Labute approximate surface area is 117 Å². The molecule has 2 rings (SSSR count). The number of rotatable bonds is 4. The van der Waals surface area contributed by atoms with Gasteiger partial charge in [0, 0.05) is 30.6 Å². The minimum absolute atomic E-state index is 0.124. The van der Waals surface area contributed by atoms with Gasteiger partial charge in [0.25, 0.3) is 0 Å². The van der Waals surface area contributed by atoms with Gasteiger partial charge in [0.1, 0.15) is 0 Å². The fourth-order valence-corrected chi connectivity index (χ4v) is 1.70. The van der Waals surface area contributed by atoms with Crippen LogP contribution in [0.1, 0.15) is 22.8 Å². The van der Waals surface area contributed by atoms with Crippen LogP contribution in [0.4, 0.5) is 5.69 Å². The smallest absolute Gasteiger partial charge is 0.221 e. The van der Waals surface area contributed by atoms with E-state index in [1.54, 1.807) is 42.7 Å². The largest absolute Gasteiger partial charge is 0.326 e. The van der Waals surface area contributed by atoms with Crippen LogP contribution in [0.2, 0.25) is 0 Å². The Balaban J connectivity index is 2.13. The van der Waals surface area contributed by atoms with Crippen LogP contribution in [0.3, 0.4) is 0 Å². The standard InChI is InChI=1S/C16H14N2O2/c1-12(19)18-15-6-2-5-14(10-15)16(20)8-7-13-4-3-9-17-11-13/h2-11H,1H3,(H,18,19). The number of amides is 1. The van der Waals surface area contributed by atoms with Crippen LogP contribution in [0.15, 0.2) is 54.9 Å². The number of nitrogens with zero attached hydrogens (tertiary/aromatic N) is 1. The van der Waals surface area contributed by atoms with E-state index in [-0.39, 0.29) is 11.7 Å². The zero-order valence-corrected chi connectivity index (χ0v) is 11.0. The lowest BCUT2D eigenvalue weighted by Crippen LogP contribution is -2.06. The van der Waals surface area contributed by atoms with Crippen molar-refractivity contribution in [2.24, 2.45) is 0 Å². The lowest BCUT2D eigenvalue weighted by Gasteiger charge is -2.03. The fraction of sp³-hybridized carbons (Fsp3) is 0.0625. The summed E-state index contributed by atoms with van der Waals surface area (Å²) >= 11 is 0. The Kier molecular flexibility index (Phi) is 4.39. The molecule has 4 heteroatoms. The monoisotopic (exact) mass is 266 g/mol. The summed E-state index contributed by atoms with van der Waals surface area (Å²) in [5.74, 6) is -0.290. The SMILES string of the molecule is CC(=O)Nc1cccc(C(=O)C=Cc2cccnc2)c1. The third kappa shape index (κ3) is 3.88. The van der Waals surface area contributed by atoms with Gasteiger partial charge >= 0.3 is 0 Å². The number of carbonyl (C=O) groups excluding carboxylic acids is 2. The summed E-state index contributed by atoms with van der Waals surface area (Å²) in [6, 6.07) is 10.5. The van der Waals surface area contributed by atoms with Crippen LogP contribution < -0.4 is 5.32 Å². The summed E-state index contributed by atoms with van der Waals surface area (Å²) in [5.41, 5.74) is 1.99. The molecule has 4 nitrogen and oxygen atoms in total. The van der Waals surface area contributed by atoms with Crippen LogP contribution in [0.25, 0.3) is 6.08 Å². The first-order valence-electron chi connectivity index (χ1n) is 6.15. The van der Waals surface area contributed by atoms with E-state index in [1.165, 1.54) is 13.0 Å². The average molecular weight is 266 g/mol. The minimum atomic E-state index is -0.166. The maximum absolute atomic E-state index is 12.0. The molecular formula is C16H14N2O2. The number of ketones is 1. The van der Waals surface area contributed by atoms with E-state index < -0.39 is 0 Å². The van der Waals surface area contributed by atoms with Crippen molar-refractivity contribution in [2.75, 3.05) is 5.32 Å². The molecule has 0 aliphatic carbocycles. The van der Waals surface area contributed by atoms with E-state index >= 15 is 0 Å². The highest BCUT2D eigenvalue weighted by Gasteiger charge is 2.03. The fourth-order valence-electron chi connectivity index (χ4n) is 1.70. The summed E-state index contributed by atoms with van der Waals surface area (Å²) in [5, 5.41) is 2.65. The molecular weight excluding hydrogens is 252 g/mol. The first-order chi connectivity index (χ1) is 9.65. The summed E-state index contributed by atoms with van der Waals surface area (Å²) in [7, 11) is 0. The van der Waals surface area contributed by atoms with E-state index in [0.717, 1.165) is 5.56 Å². The molecule has 0 aliphatic heterocycles. The zero-order chi connectivity index (χ0) is 14.4. The molecule has 1 N–H and O–H groups in total. The predicted molar refractivity (Wildman–Crippen MR) is 78.3 cm³/mol. The summed E-state index contributed by atoms with van der Waals surface area (Å²) in [4.78, 5) is 27.0. The molecule has 0 saturated heterocycles. The Morgan fingerprint density at radius 3 is 2.75 bits per heavy atom. The number of hydrogen-bond acceptors (Lipinski definition) is 3. The number of pyridine rings is 1. The maximum atomic E-state index is 12.0. The number of allylic oxidation sites excluding steroid dienone is 1. The van der Waals surface area contributed by atoms with E-state index in [9.17, 15) is 9.59 Å². The Morgan fingerprint density at radius 1 is 1.20 bits per heavy atom. The zero-order valence-electron chi connectivity index (χ0n) is 11.0. The summed E-state index contributed by atoms with van der Waals surface area (Å²) < 4.78 is 0. The molecule has 1 aromatic carbocycles. The lowest BCUT2D eigenvalue weighted by atomic mass is 10.1. The van der Waals surface area contributed by atoms with Crippen LogP contribution in [-0.2, 0) is 4.79 Å². The van der Waals surface area contributed by atoms with Gasteiger partial charge < -0.3 is 5.32 Å². The molecule has 20 heavy (non-hydrogen) atoms. The molecule has 0 spiro atoms. The van der Waals surface area contributed by atoms with Crippen molar-refractivity contribution in [1.29, 1.82) is 0 Å². The van der Waals surface area contributed by atoms with Crippen molar-refractivity contribution in [3.05, 3.63) is 66.0 Å². The number of carbonyl (C=O) groups is 2. The van der Waals surface area contributed by atoms with Crippen LogP contribution in [0.5, 0.6) is 0 Å². The highest BCUT2D eigenvalue weighted by molar-refractivity contribution is 6.07. The van der Waals surface area contributed by atoms with Crippen molar-refractivity contribution in [3.8, 4) is 0 Å². The Hall–Kier alpha value is -2.75. The van der Waals surface area contributed by atoms with E-state index in [0.29, 0.717) is 11.3 Å². The topological polar surface area (TPSA) is 59.1 Å². The normalized spacial score (nSPS) is 10.4. The molecule has 1 aromatic heterocycles. The van der Waals surface area contributed by atoms with Gasteiger partial charge in [-0.3, -0.25) is 14.6 Å². The molecule has 1 heterocycles. The van der Waals surface area contributed by atoms with Gasteiger partial charge in [0.2, 0.25) is 5.91 Å². The molecule has 0 fully saturated rings. The van der Waals surface area contributed by atoms with Gasteiger partial charge in [-0.05, 0) is 35.9 Å². The molecule has 2 aromatic rings. The van der Waals surface area contributed by atoms with Gasteiger partial charge in [-0.15, -0.1) is 0 Å². The van der Waals surface area contributed by atoms with E-state index in [4.69, 9.17) is 0 Å². The number of nitrogens with one attached hydrogen (secondary N) is 1. The highest BCUT2D eigenvalue weighted by atomic mass is 16.1. The lowest BCUT2D eigenvalue weighted by molar-refractivity contribution is -0.114. The van der Waals surface area contributed by atoms with Gasteiger partial charge in [-0.2, -0.15) is 0 Å². The van der Waals surface area contributed by atoms with Gasteiger partial charge in [-0.25, -0.2) is 0 Å². The molecule has 1 amide bonds. The molecule has 100 valence electrons. The molecule has 0 bridgehead atoms. The average Bonchev–Trinajstić information content (AvgIpc) is 2.45. The number of hydrogen-bond donors (Lipinski definition) is 1. The van der Waals surface area contributed by atoms with Gasteiger partial charge in [0.15, 0.2) is 5.78 Å². The second kappa shape index (κ2) is 6.43. The second-order valence-electron chi connectivity index (χ2n) is 4.25. The second-order valence-corrected chi connectivity index (χ2v) is 4.25. The molecule has 0 radical (unpaired) electrons. The first-order valence-corrected chi connectivity index (χ1v) is 6.15. The number of anilines is 1.